The van der Waals surface area contributed by atoms with Gasteiger partial charge in [-0.15, -0.1) is 0 Å². The number of thiazole rings is 1. The van der Waals surface area contributed by atoms with E-state index in [-0.39, 0.29) is 6.10 Å². The maximum Gasteiger partial charge on any atom is 0.283 e. The largest absolute Gasteiger partial charge is 0.496 e. The average Bonchev–Trinajstić information content (AvgIpc) is 3.24. The molecule has 152 valence electrons. The second kappa shape index (κ2) is 8.37. The molecule has 1 aliphatic rings. The van der Waals surface area contributed by atoms with E-state index in [1.807, 2.05) is 11.5 Å². The van der Waals surface area contributed by atoms with Gasteiger partial charge in [-0.25, -0.2) is 0 Å². The van der Waals surface area contributed by atoms with Crippen molar-refractivity contribution in [1.29, 1.82) is 0 Å². The molecule has 0 aliphatic carbocycles. The molecule has 1 atom stereocenters. The molecular weight excluding hydrogens is 400 g/mol. The van der Waals surface area contributed by atoms with Crippen molar-refractivity contribution >= 4 is 28.8 Å². The van der Waals surface area contributed by atoms with Gasteiger partial charge >= 0.3 is 0 Å². The number of aliphatic hydroxyl groups is 1. The van der Waals surface area contributed by atoms with Gasteiger partial charge in [-0.3, -0.25) is 4.79 Å². The Kier molecular flexibility index (Phi) is 6.29. The number of nitrogens with zero attached hydrogens (tertiary/aromatic N) is 2. The zero-order valence-corrected chi connectivity index (χ0v) is 18.1. The normalized spacial score (nSPS) is 17.9. The number of hydrogen-bond donors (Lipinski definition) is 1. The van der Waals surface area contributed by atoms with Crippen LogP contribution < -0.4 is 9.54 Å². The minimum absolute atomic E-state index is 0.0812. The number of carbonyl (C=O) groups excluding carboxylic acids is 1. The number of methoxy groups -OCH3 is 1. The number of halogens is 1. The molecule has 1 amide bonds. The Hall–Kier alpha value is -1.67. The Bertz CT molecular complexity index is 937. The minimum atomic E-state index is -1.03. The van der Waals surface area contributed by atoms with Gasteiger partial charge in [0.2, 0.25) is 0 Å². The van der Waals surface area contributed by atoms with Gasteiger partial charge < -0.3 is 19.1 Å². The van der Waals surface area contributed by atoms with E-state index >= 15 is 0 Å². The summed E-state index contributed by atoms with van der Waals surface area (Å²) in [7, 11) is 1.50. The third-order valence-corrected chi connectivity index (χ3v) is 6.44. The van der Waals surface area contributed by atoms with Gasteiger partial charge in [-0.2, -0.15) is 4.99 Å². The zero-order chi connectivity index (χ0) is 20.5. The van der Waals surface area contributed by atoms with Crippen LogP contribution in [0.3, 0.4) is 0 Å². The molecular formula is C20H25ClN2O4S. The van der Waals surface area contributed by atoms with E-state index < -0.39 is 11.5 Å². The second-order valence-electron chi connectivity index (χ2n) is 7.37. The number of benzene rings is 1. The predicted octanol–water partition coefficient (Wildman–Crippen LogP) is 3.67. The van der Waals surface area contributed by atoms with Crippen LogP contribution in [-0.2, 0) is 16.9 Å². The number of amides is 1. The molecule has 1 saturated heterocycles. The van der Waals surface area contributed by atoms with E-state index in [1.165, 1.54) is 18.4 Å². The molecule has 1 fully saturated rings. The quantitative estimate of drug-likeness (QED) is 0.794. The molecule has 2 heterocycles. The second-order valence-corrected chi connectivity index (χ2v) is 8.78. The molecule has 0 unspecified atom stereocenters. The SMILES string of the molecule is COc1ccc(Cl)cc1C(=O)/N=c1\sc(C(C)(C)O)c(C)n1C[C@H]1CCCO1. The Balaban J connectivity index is 2.08. The van der Waals surface area contributed by atoms with Gasteiger partial charge in [0.15, 0.2) is 4.80 Å². The van der Waals surface area contributed by atoms with E-state index in [1.54, 1.807) is 32.0 Å². The zero-order valence-electron chi connectivity index (χ0n) is 16.5. The number of aromatic nitrogens is 1. The lowest BCUT2D eigenvalue weighted by Crippen LogP contribution is -2.25. The summed E-state index contributed by atoms with van der Waals surface area (Å²) in [6.45, 7) is 6.74. The van der Waals surface area contributed by atoms with Gasteiger partial charge in [0.25, 0.3) is 5.91 Å². The fourth-order valence-electron chi connectivity index (χ4n) is 3.34. The Morgan fingerprint density at radius 3 is 2.86 bits per heavy atom. The Labute approximate surface area is 173 Å². The molecule has 0 bridgehead atoms. The van der Waals surface area contributed by atoms with Gasteiger partial charge in [0.05, 0.1) is 35.8 Å². The molecule has 1 N–H and O–H groups in total. The van der Waals surface area contributed by atoms with Crippen molar-refractivity contribution in [2.75, 3.05) is 13.7 Å². The smallest absolute Gasteiger partial charge is 0.283 e. The summed E-state index contributed by atoms with van der Waals surface area (Å²) in [6.07, 6.45) is 2.07. The molecule has 1 aromatic carbocycles. The highest BCUT2D eigenvalue weighted by atomic mass is 35.5. The van der Waals surface area contributed by atoms with Crippen molar-refractivity contribution in [2.24, 2.45) is 4.99 Å². The fraction of sp³-hybridized carbons (Fsp3) is 0.500. The number of ether oxygens (including phenoxy) is 2. The first kappa shape index (κ1) is 21.0. The van der Waals surface area contributed by atoms with Gasteiger partial charge in [-0.05, 0) is 51.8 Å². The summed E-state index contributed by atoms with van der Waals surface area (Å²) in [6, 6.07) is 4.86. The van der Waals surface area contributed by atoms with E-state index in [0.29, 0.717) is 27.7 Å². The Morgan fingerprint density at radius 1 is 1.50 bits per heavy atom. The van der Waals surface area contributed by atoms with Crippen LogP contribution in [-0.4, -0.2) is 35.4 Å². The monoisotopic (exact) mass is 424 g/mol. The van der Waals surface area contributed by atoms with Crippen LogP contribution in [0.2, 0.25) is 5.02 Å². The third-order valence-electron chi connectivity index (χ3n) is 4.71. The lowest BCUT2D eigenvalue weighted by molar-refractivity contribution is 0.0796. The highest BCUT2D eigenvalue weighted by Crippen LogP contribution is 2.28. The van der Waals surface area contributed by atoms with Crippen molar-refractivity contribution in [2.45, 2.75) is 51.9 Å². The molecule has 6 nitrogen and oxygen atoms in total. The van der Waals surface area contributed by atoms with E-state index in [9.17, 15) is 9.90 Å². The van der Waals surface area contributed by atoms with Crippen LogP contribution >= 0.6 is 22.9 Å². The van der Waals surface area contributed by atoms with E-state index in [2.05, 4.69) is 4.99 Å². The molecule has 3 rings (SSSR count). The summed E-state index contributed by atoms with van der Waals surface area (Å²) in [5.74, 6) is -0.0243. The Morgan fingerprint density at radius 2 is 2.25 bits per heavy atom. The maximum absolute atomic E-state index is 12.9. The number of rotatable bonds is 5. The lowest BCUT2D eigenvalue weighted by atomic mass is 10.1. The van der Waals surface area contributed by atoms with Crippen LogP contribution in [0.25, 0.3) is 0 Å². The van der Waals surface area contributed by atoms with Gasteiger partial charge in [-0.1, -0.05) is 22.9 Å². The number of hydrogen-bond acceptors (Lipinski definition) is 5. The first-order valence-electron chi connectivity index (χ1n) is 9.18. The van der Waals surface area contributed by atoms with E-state index in [0.717, 1.165) is 30.0 Å². The fourth-order valence-corrected chi connectivity index (χ4v) is 4.65. The summed E-state index contributed by atoms with van der Waals surface area (Å²) in [5, 5.41) is 11.0. The van der Waals surface area contributed by atoms with Crippen LogP contribution in [0.4, 0.5) is 0 Å². The van der Waals surface area contributed by atoms with Crippen molar-refractivity contribution in [1.82, 2.24) is 4.57 Å². The van der Waals surface area contributed by atoms with Crippen molar-refractivity contribution in [3.63, 3.8) is 0 Å². The molecule has 0 radical (unpaired) electrons. The van der Waals surface area contributed by atoms with Crippen molar-refractivity contribution < 1.29 is 19.4 Å². The molecule has 0 saturated carbocycles. The van der Waals surface area contributed by atoms with Crippen LogP contribution in [0.5, 0.6) is 5.75 Å². The van der Waals surface area contributed by atoms with Gasteiger partial charge in [0, 0.05) is 17.3 Å². The predicted molar refractivity (Wildman–Crippen MR) is 109 cm³/mol. The first-order chi connectivity index (χ1) is 13.2. The third kappa shape index (κ3) is 4.49. The summed E-state index contributed by atoms with van der Waals surface area (Å²) < 4.78 is 13.0. The minimum Gasteiger partial charge on any atom is -0.496 e. The van der Waals surface area contributed by atoms with Gasteiger partial charge in [0.1, 0.15) is 5.75 Å². The van der Waals surface area contributed by atoms with Crippen molar-refractivity contribution in [3.05, 3.63) is 44.2 Å². The summed E-state index contributed by atoms with van der Waals surface area (Å²) in [5.41, 5.74) is 0.157. The molecule has 8 heteroatoms. The van der Waals surface area contributed by atoms with Crippen molar-refractivity contribution in [3.8, 4) is 5.75 Å². The summed E-state index contributed by atoms with van der Waals surface area (Å²) in [4.78, 5) is 18.6. The first-order valence-corrected chi connectivity index (χ1v) is 10.4. The van der Waals surface area contributed by atoms with E-state index in [4.69, 9.17) is 21.1 Å². The maximum atomic E-state index is 12.9. The molecule has 0 spiro atoms. The molecule has 1 aromatic heterocycles. The lowest BCUT2D eigenvalue weighted by Gasteiger charge is -2.17. The highest BCUT2D eigenvalue weighted by molar-refractivity contribution is 7.09. The molecule has 2 aromatic rings. The standard InChI is InChI=1S/C20H25ClN2O4S/c1-12-17(20(2,3)25)28-19(23(12)11-14-6-5-9-27-14)22-18(24)15-10-13(21)7-8-16(15)26-4/h7-8,10,14,25H,5-6,9,11H2,1-4H3/b22-19-/t14-/m1/s1. The topological polar surface area (TPSA) is 73.0 Å². The number of carbonyl (C=O) groups is 1. The molecule has 1 aliphatic heterocycles. The summed E-state index contributed by atoms with van der Waals surface area (Å²) >= 11 is 7.37. The van der Waals surface area contributed by atoms with Crippen LogP contribution in [0, 0.1) is 6.92 Å². The van der Waals surface area contributed by atoms with Crippen LogP contribution in [0.15, 0.2) is 23.2 Å². The average molecular weight is 425 g/mol. The van der Waals surface area contributed by atoms with Crippen LogP contribution in [0.1, 0.15) is 47.6 Å². The molecule has 28 heavy (non-hydrogen) atoms. The highest BCUT2D eigenvalue weighted by Gasteiger charge is 2.26.